The lowest BCUT2D eigenvalue weighted by atomic mass is 10.1. The number of amides is 3. The number of aromatic amines is 1. The molecule has 4 unspecified atom stereocenters. The van der Waals surface area contributed by atoms with Crippen LogP contribution in [0.3, 0.4) is 0 Å². The van der Waals surface area contributed by atoms with Gasteiger partial charge in [0.05, 0.1) is 12.4 Å². The number of nitrogens with two attached hydrogens (primary N) is 1. The van der Waals surface area contributed by atoms with Gasteiger partial charge in [-0.15, -0.1) is 0 Å². The van der Waals surface area contributed by atoms with Crippen LogP contribution in [0.15, 0.2) is 12.5 Å². The van der Waals surface area contributed by atoms with Gasteiger partial charge in [0, 0.05) is 30.5 Å². The van der Waals surface area contributed by atoms with Crippen LogP contribution in [-0.4, -0.2) is 79.8 Å². The van der Waals surface area contributed by atoms with Gasteiger partial charge in [0.2, 0.25) is 17.7 Å². The number of thiol groups is 1. The Balaban J connectivity index is 2.89. The van der Waals surface area contributed by atoms with Gasteiger partial charge in [-0.3, -0.25) is 19.2 Å². The number of carbonyl (C=O) groups excluding carboxylic acids is 3. The van der Waals surface area contributed by atoms with E-state index in [1.54, 1.807) is 0 Å². The number of carbonyl (C=O) groups is 5. The van der Waals surface area contributed by atoms with E-state index in [1.165, 1.54) is 19.4 Å². The number of nitrogens with one attached hydrogen (secondary N) is 4. The first-order chi connectivity index (χ1) is 14.5. The largest absolute Gasteiger partial charge is 0.481 e. The molecule has 13 nitrogen and oxygen atoms in total. The summed E-state index contributed by atoms with van der Waals surface area (Å²) in [6, 6.07) is -4.65. The van der Waals surface area contributed by atoms with E-state index < -0.39 is 60.2 Å². The molecule has 0 saturated carbocycles. The van der Waals surface area contributed by atoms with Gasteiger partial charge < -0.3 is 36.9 Å². The van der Waals surface area contributed by atoms with Crippen LogP contribution in [0.1, 0.15) is 25.5 Å². The number of carboxylic acid groups (broad SMARTS) is 2. The van der Waals surface area contributed by atoms with Crippen molar-refractivity contribution in [2.24, 2.45) is 5.73 Å². The number of nitrogens with zero attached hydrogens (tertiary/aromatic N) is 1. The summed E-state index contributed by atoms with van der Waals surface area (Å²) >= 11 is 3.91. The van der Waals surface area contributed by atoms with Gasteiger partial charge in [-0.05, 0) is 13.3 Å². The van der Waals surface area contributed by atoms with Crippen LogP contribution in [0, 0.1) is 0 Å². The molecule has 31 heavy (non-hydrogen) atoms. The molecule has 0 spiro atoms. The SMILES string of the molecule is CC(NC(=O)C(N)CS)C(=O)NC(Cc1cnc[nH]1)C(=O)NC(CCC(=O)O)C(=O)O. The van der Waals surface area contributed by atoms with Crippen molar-refractivity contribution in [2.75, 3.05) is 5.75 Å². The summed E-state index contributed by atoms with van der Waals surface area (Å²) in [4.78, 5) is 65.6. The molecule has 0 aromatic carbocycles. The van der Waals surface area contributed by atoms with E-state index in [4.69, 9.17) is 10.8 Å². The molecule has 0 aliphatic carbocycles. The van der Waals surface area contributed by atoms with Crippen molar-refractivity contribution in [3.05, 3.63) is 18.2 Å². The maximum Gasteiger partial charge on any atom is 0.326 e. The van der Waals surface area contributed by atoms with Crippen LogP contribution < -0.4 is 21.7 Å². The number of rotatable bonds is 13. The molecule has 8 N–H and O–H groups in total. The predicted molar refractivity (Wildman–Crippen MR) is 110 cm³/mol. The standard InChI is InChI=1S/C17H26N6O7S/c1-8(21-15(27)10(18)6-31)14(26)23-12(4-9-5-19-7-20-9)16(28)22-11(17(29)30)2-3-13(24)25/h5,7-8,10-12,31H,2-4,6,18H2,1H3,(H,19,20)(H,21,27)(H,22,28)(H,23,26)(H,24,25)(H,29,30). The lowest BCUT2D eigenvalue weighted by molar-refractivity contribution is -0.143. The van der Waals surface area contributed by atoms with E-state index in [2.05, 4.69) is 38.5 Å². The van der Waals surface area contributed by atoms with E-state index in [0.717, 1.165) is 0 Å². The zero-order valence-electron chi connectivity index (χ0n) is 16.7. The molecule has 0 aliphatic heterocycles. The van der Waals surface area contributed by atoms with Gasteiger partial charge in [-0.1, -0.05) is 0 Å². The van der Waals surface area contributed by atoms with Crippen molar-refractivity contribution < 1.29 is 34.2 Å². The van der Waals surface area contributed by atoms with E-state index in [-0.39, 0.29) is 18.6 Å². The summed E-state index contributed by atoms with van der Waals surface area (Å²) in [5.74, 6) is -4.72. The Kier molecular flexibility index (Phi) is 10.5. The average molecular weight is 458 g/mol. The van der Waals surface area contributed by atoms with Crippen LogP contribution in [0.4, 0.5) is 0 Å². The lowest BCUT2D eigenvalue weighted by Gasteiger charge is -2.23. The Bertz CT molecular complexity index is 788. The Morgan fingerprint density at radius 1 is 1.10 bits per heavy atom. The summed E-state index contributed by atoms with van der Waals surface area (Å²) in [7, 11) is 0. The topological polar surface area (TPSA) is 217 Å². The lowest BCUT2D eigenvalue weighted by Crippen LogP contribution is -2.57. The minimum atomic E-state index is -1.46. The molecule has 172 valence electrons. The fraction of sp³-hybridized carbons (Fsp3) is 0.529. The quantitative estimate of drug-likeness (QED) is 0.148. The number of aliphatic carboxylic acids is 2. The third-order valence-electron chi connectivity index (χ3n) is 4.16. The van der Waals surface area contributed by atoms with Crippen LogP contribution >= 0.6 is 12.6 Å². The van der Waals surface area contributed by atoms with Gasteiger partial charge in [-0.2, -0.15) is 12.6 Å². The number of hydrogen-bond donors (Lipinski definition) is 8. The zero-order valence-corrected chi connectivity index (χ0v) is 17.6. The van der Waals surface area contributed by atoms with Gasteiger partial charge >= 0.3 is 11.9 Å². The van der Waals surface area contributed by atoms with Crippen molar-refractivity contribution in [1.82, 2.24) is 25.9 Å². The molecule has 0 bridgehead atoms. The van der Waals surface area contributed by atoms with Crippen molar-refractivity contribution in [1.29, 1.82) is 0 Å². The molecule has 4 atom stereocenters. The van der Waals surface area contributed by atoms with Crippen molar-refractivity contribution in [3.8, 4) is 0 Å². The monoisotopic (exact) mass is 458 g/mol. The van der Waals surface area contributed by atoms with Crippen molar-refractivity contribution in [3.63, 3.8) is 0 Å². The number of hydrogen-bond acceptors (Lipinski definition) is 8. The Labute approximate surface area is 183 Å². The third kappa shape index (κ3) is 9.04. The van der Waals surface area contributed by atoms with E-state index in [1.807, 2.05) is 0 Å². The Hall–Kier alpha value is -3.13. The molecular weight excluding hydrogens is 432 g/mol. The Morgan fingerprint density at radius 3 is 2.26 bits per heavy atom. The second kappa shape index (κ2) is 12.5. The maximum absolute atomic E-state index is 12.7. The molecule has 0 aliphatic rings. The normalized spacial score (nSPS) is 14.5. The summed E-state index contributed by atoms with van der Waals surface area (Å²) in [6.07, 6.45) is 1.92. The molecule has 0 saturated heterocycles. The molecule has 1 aromatic rings. The first-order valence-electron chi connectivity index (χ1n) is 9.24. The number of carboxylic acids is 2. The molecule has 1 heterocycles. The minimum Gasteiger partial charge on any atom is -0.481 e. The summed E-state index contributed by atoms with van der Waals surface area (Å²) in [6.45, 7) is 1.39. The molecule has 0 fully saturated rings. The fourth-order valence-corrected chi connectivity index (χ4v) is 2.55. The number of aromatic nitrogens is 2. The maximum atomic E-state index is 12.7. The highest BCUT2D eigenvalue weighted by molar-refractivity contribution is 7.80. The summed E-state index contributed by atoms with van der Waals surface area (Å²) in [5.41, 5.74) is 6.02. The molecule has 3 amide bonds. The van der Waals surface area contributed by atoms with Gasteiger partial charge in [-0.25, -0.2) is 9.78 Å². The average Bonchev–Trinajstić information content (AvgIpc) is 3.22. The first kappa shape index (κ1) is 25.9. The molecule has 14 heteroatoms. The molecule has 1 aromatic heterocycles. The highest BCUT2D eigenvalue weighted by Gasteiger charge is 2.29. The van der Waals surface area contributed by atoms with E-state index in [9.17, 15) is 29.1 Å². The number of imidazole rings is 1. The summed E-state index contributed by atoms with van der Waals surface area (Å²) in [5, 5.41) is 25.0. The van der Waals surface area contributed by atoms with Crippen molar-refractivity contribution in [2.45, 2.75) is 50.4 Å². The van der Waals surface area contributed by atoms with Gasteiger partial charge in [0.25, 0.3) is 0 Å². The highest BCUT2D eigenvalue weighted by atomic mass is 32.1. The van der Waals surface area contributed by atoms with E-state index >= 15 is 0 Å². The highest BCUT2D eigenvalue weighted by Crippen LogP contribution is 2.04. The Morgan fingerprint density at radius 2 is 1.74 bits per heavy atom. The second-order valence-electron chi connectivity index (χ2n) is 6.69. The molecular formula is C17H26N6O7S. The minimum absolute atomic E-state index is 0.0559. The first-order valence-corrected chi connectivity index (χ1v) is 9.87. The molecule has 0 radical (unpaired) electrons. The van der Waals surface area contributed by atoms with Crippen LogP contribution in [0.25, 0.3) is 0 Å². The van der Waals surface area contributed by atoms with Crippen LogP contribution in [0.2, 0.25) is 0 Å². The third-order valence-corrected chi connectivity index (χ3v) is 4.55. The van der Waals surface area contributed by atoms with Crippen LogP contribution in [0.5, 0.6) is 0 Å². The zero-order chi connectivity index (χ0) is 23.6. The van der Waals surface area contributed by atoms with Gasteiger partial charge in [0.1, 0.15) is 18.1 Å². The summed E-state index contributed by atoms with van der Waals surface area (Å²) < 4.78 is 0. The van der Waals surface area contributed by atoms with Crippen molar-refractivity contribution >= 4 is 42.3 Å². The van der Waals surface area contributed by atoms with E-state index in [0.29, 0.717) is 5.69 Å². The van der Waals surface area contributed by atoms with Crippen LogP contribution in [-0.2, 0) is 30.4 Å². The molecule has 1 rings (SSSR count). The number of H-pyrrole nitrogens is 1. The second-order valence-corrected chi connectivity index (χ2v) is 7.06. The fourth-order valence-electron chi connectivity index (χ4n) is 2.39. The predicted octanol–water partition coefficient (Wildman–Crippen LogP) is -2.37. The smallest absolute Gasteiger partial charge is 0.326 e. The van der Waals surface area contributed by atoms with Gasteiger partial charge in [0.15, 0.2) is 0 Å².